The molecule has 1 aliphatic rings. The zero-order valence-corrected chi connectivity index (χ0v) is 17.9. The molecular formula is C19H14Br2N2O5. The Morgan fingerprint density at radius 1 is 1.14 bits per heavy atom. The maximum absolute atomic E-state index is 12.9. The quantitative estimate of drug-likeness (QED) is 0.483. The van der Waals surface area contributed by atoms with Crippen molar-refractivity contribution in [2.75, 3.05) is 12.0 Å². The van der Waals surface area contributed by atoms with Crippen LogP contribution >= 0.6 is 31.9 Å². The molecule has 0 unspecified atom stereocenters. The van der Waals surface area contributed by atoms with Crippen LogP contribution in [0.3, 0.4) is 0 Å². The van der Waals surface area contributed by atoms with Crippen LogP contribution in [-0.2, 0) is 9.59 Å². The van der Waals surface area contributed by atoms with Crippen molar-refractivity contribution in [1.29, 1.82) is 0 Å². The molecule has 2 aromatic rings. The highest BCUT2D eigenvalue weighted by Gasteiger charge is 2.37. The molecule has 0 spiro atoms. The number of nitrogens with one attached hydrogen (secondary N) is 1. The molecule has 3 rings (SSSR count). The predicted molar refractivity (Wildman–Crippen MR) is 110 cm³/mol. The number of methoxy groups -OCH3 is 1. The van der Waals surface area contributed by atoms with Crippen molar-refractivity contribution in [1.82, 2.24) is 5.32 Å². The van der Waals surface area contributed by atoms with Crippen LogP contribution in [0.4, 0.5) is 10.5 Å². The van der Waals surface area contributed by atoms with Crippen molar-refractivity contribution in [2.24, 2.45) is 0 Å². The van der Waals surface area contributed by atoms with Gasteiger partial charge in [-0.05, 0) is 48.9 Å². The molecular weight excluding hydrogens is 496 g/mol. The van der Waals surface area contributed by atoms with Crippen LogP contribution in [-0.4, -0.2) is 30.1 Å². The number of hydrogen-bond acceptors (Lipinski definition) is 5. The minimum absolute atomic E-state index is 0.168. The molecule has 0 atom stereocenters. The summed E-state index contributed by atoms with van der Waals surface area (Å²) in [6, 6.07) is 7.16. The molecule has 1 fully saturated rings. The number of benzene rings is 2. The normalized spacial score (nSPS) is 15.8. The maximum Gasteiger partial charge on any atom is 0.335 e. The van der Waals surface area contributed by atoms with Gasteiger partial charge in [-0.25, -0.2) is 9.69 Å². The number of urea groups is 1. The number of imide groups is 2. The Labute approximate surface area is 177 Å². The zero-order chi connectivity index (χ0) is 20.6. The predicted octanol–water partition coefficient (Wildman–Crippen LogP) is 3.90. The van der Waals surface area contributed by atoms with E-state index in [1.54, 1.807) is 24.3 Å². The average molecular weight is 510 g/mol. The smallest absolute Gasteiger partial charge is 0.335 e. The highest BCUT2D eigenvalue weighted by Crippen LogP contribution is 2.35. The summed E-state index contributed by atoms with van der Waals surface area (Å²) in [4.78, 5) is 38.4. The number of phenolic OH excluding ortho intramolecular Hbond substituents is 1. The van der Waals surface area contributed by atoms with Gasteiger partial charge in [-0.3, -0.25) is 14.9 Å². The minimum atomic E-state index is -0.849. The molecule has 0 saturated carbocycles. The first-order chi connectivity index (χ1) is 13.2. The lowest BCUT2D eigenvalue weighted by Crippen LogP contribution is -2.54. The van der Waals surface area contributed by atoms with Gasteiger partial charge in [0.1, 0.15) is 5.57 Å². The third-order valence-corrected chi connectivity index (χ3v) is 5.44. The van der Waals surface area contributed by atoms with Crippen molar-refractivity contribution in [3.63, 3.8) is 0 Å². The second-order valence-corrected chi connectivity index (χ2v) is 7.71. The number of amides is 4. The van der Waals surface area contributed by atoms with Gasteiger partial charge >= 0.3 is 6.03 Å². The van der Waals surface area contributed by atoms with E-state index in [0.29, 0.717) is 10.2 Å². The number of barbiturate groups is 1. The lowest BCUT2D eigenvalue weighted by Gasteiger charge is -2.26. The first-order valence-electron chi connectivity index (χ1n) is 7.97. The SMILES string of the molecule is COc1cc(Br)cc(/C=C2\C(=O)NC(=O)N(c3ccc(Br)c(C)c3)C2=O)c1O. The number of aromatic hydroxyl groups is 1. The third-order valence-electron chi connectivity index (χ3n) is 4.09. The van der Waals surface area contributed by atoms with Crippen molar-refractivity contribution >= 4 is 61.5 Å². The monoisotopic (exact) mass is 508 g/mol. The van der Waals surface area contributed by atoms with Crippen molar-refractivity contribution < 1.29 is 24.2 Å². The Hall–Kier alpha value is -2.65. The van der Waals surface area contributed by atoms with E-state index >= 15 is 0 Å². The number of carbonyl (C=O) groups is 3. The molecule has 1 heterocycles. The van der Waals surface area contributed by atoms with Gasteiger partial charge in [-0.1, -0.05) is 31.9 Å². The Balaban J connectivity index is 2.09. The number of nitrogens with zero attached hydrogens (tertiary/aromatic N) is 1. The van der Waals surface area contributed by atoms with Crippen LogP contribution < -0.4 is 15.0 Å². The fourth-order valence-electron chi connectivity index (χ4n) is 2.68. The number of ether oxygens (including phenoxy) is 1. The van der Waals surface area contributed by atoms with Crippen molar-refractivity contribution in [3.05, 3.63) is 56.0 Å². The summed E-state index contributed by atoms with van der Waals surface area (Å²) in [5.74, 6) is -1.71. The van der Waals surface area contributed by atoms with E-state index in [4.69, 9.17) is 4.74 Å². The van der Waals surface area contributed by atoms with E-state index < -0.39 is 17.8 Å². The summed E-state index contributed by atoms with van der Waals surface area (Å²) in [6.07, 6.45) is 1.21. The zero-order valence-electron chi connectivity index (χ0n) is 14.7. The Bertz CT molecular complexity index is 1050. The van der Waals surface area contributed by atoms with Crippen LogP contribution in [0.5, 0.6) is 11.5 Å². The summed E-state index contributed by atoms with van der Waals surface area (Å²) in [6.45, 7) is 1.81. The highest BCUT2D eigenvalue weighted by molar-refractivity contribution is 9.10. The summed E-state index contributed by atoms with van der Waals surface area (Å²) in [5.41, 5.74) is 1.02. The van der Waals surface area contributed by atoms with Crippen LogP contribution in [0.15, 0.2) is 44.9 Å². The largest absolute Gasteiger partial charge is 0.504 e. The van der Waals surface area contributed by atoms with E-state index in [0.717, 1.165) is 14.9 Å². The Morgan fingerprint density at radius 3 is 2.50 bits per heavy atom. The number of halogens is 2. The van der Waals surface area contributed by atoms with Gasteiger partial charge in [-0.2, -0.15) is 0 Å². The molecule has 1 aliphatic heterocycles. The molecule has 2 N–H and O–H groups in total. The average Bonchev–Trinajstić information content (AvgIpc) is 2.63. The molecule has 9 heteroatoms. The molecule has 28 heavy (non-hydrogen) atoms. The van der Waals surface area contributed by atoms with Gasteiger partial charge < -0.3 is 9.84 Å². The summed E-state index contributed by atoms with van der Waals surface area (Å²) >= 11 is 6.65. The summed E-state index contributed by atoms with van der Waals surface area (Å²) in [5, 5.41) is 12.4. The van der Waals surface area contributed by atoms with Gasteiger partial charge in [0.2, 0.25) is 0 Å². The van der Waals surface area contributed by atoms with E-state index in [1.807, 2.05) is 6.92 Å². The highest BCUT2D eigenvalue weighted by atomic mass is 79.9. The standard InChI is InChI=1S/C19H14Br2N2O5/c1-9-5-12(3-4-14(9)21)23-18(26)13(17(25)22-19(23)27)7-10-6-11(20)8-15(28-2)16(10)24/h3-8,24H,1-2H3,(H,22,25,27)/b13-7+. The molecule has 0 aliphatic carbocycles. The fraction of sp³-hybridized carbons (Fsp3) is 0.105. The van der Waals surface area contributed by atoms with Gasteiger partial charge in [0, 0.05) is 14.5 Å². The number of anilines is 1. The number of rotatable bonds is 3. The topological polar surface area (TPSA) is 95.9 Å². The number of phenols is 1. The van der Waals surface area contributed by atoms with Crippen LogP contribution in [0, 0.1) is 6.92 Å². The van der Waals surface area contributed by atoms with Gasteiger partial charge in [-0.15, -0.1) is 0 Å². The molecule has 0 aromatic heterocycles. The van der Waals surface area contributed by atoms with Crippen molar-refractivity contribution in [3.8, 4) is 11.5 Å². The number of aryl methyl sites for hydroxylation is 1. The van der Waals surface area contributed by atoms with E-state index in [2.05, 4.69) is 37.2 Å². The van der Waals surface area contributed by atoms with Gasteiger partial charge in [0.05, 0.1) is 12.8 Å². The summed E-state index contributed by atoms with van der Waals surface area (Å²) < 4.78 is 6.47. The third kappa shape index (κ3) is 3.67. The number of carbonyl (C=O) groups excluding carboxylic acids is 3. The maximum atomic E-state index is 12.9. The second-order valence-electron chi connectivity index (χ2n) is 5.94. The molecule has 0 bridgehead atoms. The van der Waals surface area contributed by atoms with E-state index in [9.17, 15) is 19.5 Å². The molecule has 0 radical (unpaired) electrons. The molecule has 7 nitrogen and oxygen atoms in total. The fourth-order valence-corrected chi connectivity index (χ4v) is 3.38. The van der Waals surface area contributed by atoms with Crippen LogP contribution in [0.25, 0.3) is 6.08 Å². The lowest BCUT2D eigenvalue weighted by atomic mass is 10.1. The molecule has 2 aromatic carbocycles. The van der Waals surface area contributed by atoms with E-state index in [-0.39, 0.29) is 22.6 Å². The Morgan fingerprint density at radius 2 is 1.86 bits per heavy atom. The minimum Gasteiger partial charge on any atom is -0.504 e. The van der Waals surface area contributed by atoms with Gasteiger partial charge in [0.25, 0.3) is 11.8 Å². The van der Waals surface area contributed by atoms with Crippen molar-refractivity contribution in [2.45, 2.75) is 6.92 Å². The Kier molecular flexibility index (Phi) is 5.57. The first-order valence-corrected chi connectivity index (χ1v) is 9.55. The molecule has 144 valence electrons. The number of hydrogen-bond donors (Lipinski definition) is 2. The van der Waals surface area contributed by atoms with Crippen LogP contribution in [0.2, 0.25) is 0 Å². The van der Waals surface area contributed by atoms with Gasteiger partial charge in [0.15, 0.2) is 11.5 Å². The first kappa shape index (κ1) is 20.1. The summed E-state index contributed by atoms with van der Waals surface area (Å²) in [7, 11) is 1.38. The second kappa shape index (κ2) is 7.76. The van der Waals surface area contributed by atoms with Crippen LogP contribution in [0.1, 0.15) is 11.1 Å². The lowest BCUT2D eigenvalue weighted by molar-refractivity contribution is -0.122. The molecule has 4 amide bonds. The van der Waals surface area contributed by atoms with E-state index in [1.165, 1.54) is 19.3 Å². The molecule has 1 saturated heterocycles.